The molecule has 31 heavy (non-hydrogen) atoms. The van der Waals surface area contributed by atoms with Crippen molar-refractivity contribution in [2.24, 2.45) is 0 Å². The van der Waals surface area contributed by atoms with Crippen LogP contribution in [0.25, 0.3) is 5.43 Å². The summed E-state index contributed by atoms with van der Waals surface area (Å²) in [5, 5.41) is 3.74. The smallest absolute Gasteiger partial charge is 0.567 e. The summed E-state index contributed by atoms with van der Waals surface area (Å²) in [5.41, 5.74) is 11.8. The average Bonchev–Trinajstić information content (AvgIpc) is 2.81. The molecule has 5 nitrogen and oxygen atoms in total. The van der Waals surface area contributed by atoms with E-state index in [0.717, 1.165) is 16.9 Å². The van der Waals surface area contributed by atoms with Gasteiger partial charge in [0, 0.05) is 35.5 Å². The number of anilines is 3. The molecule has 2 aromatic carbocycles. The van der Waals surface area contributed by atoms with E-state index in [1.54, 1.807) is 18.1 Å². The third kappa shape index (κ3) is 8.09. The summed E-state index contributed by atoms with van der Waals surface area (Å²) in [4.78, 5) is 5.32. The first kappa shape index (κ1) is 24.6. The third-order valence-corrected chi connectivity index (χ3v) is 6.12. The topological polar surface area (TPSA) is 63.1 Å². The number of nitrogens with one attached hydrogen (secondary N) is 3. The van der Waals surface area contributed by atoms with Gasteiger partial charge in [0.05, 0.1) is 4.90 Å². The van der Waals surface area contributed by atoms with E-state index in [4.69, 9.17) is 0 Å². The Kier molecular flexibility index (Phi) is 10.7. The van der Waals surface area contributed by atoms with Crippen LogP contribution in [0.2, 0.25) is 0 Å². The Bertz CT molecular complexity index is 901. The van der Waals surface area contributed by atoms with Crippen LogP contribution in [0.4, 0.5) is 17.1 Å². The van der Waals surface area contributed by atoms with Crippen molar-refractivity contribution in [3.8, 4) is 0 Å². The molecular formula is C24H28KN5S. The summed E-state index contributed by atoms with van der Waals surface area (Å²) in [5.74, 6) is 0. The molecular weight excluding hydrogens is 429 g/mol. The van der Waals surface area contributed by atoms with E-state index >= 15 is 0 Å². The van der Waals surface area contributed by atoms with Crippen molar-refractivity contribution < 1.29 is 51.4 Å². The molecule has 3 aromatic rings. The van der Waals surface area contributed by atoms with E-state index in [1.165, 1.54) is 42.7 Å². The Balaban J connectivity index is 0.00000272. The largest absolute Gasteiger partial charge is 1.00 e. The summed E-state index contributed by atoms with van der Waals surface area (Å²) in [7, 11) is 0. The minimum absolute atomic E-state index is 0. The molecule has 156 valence electrons. The second-order valence-electron chi connectivity index (χ2n) is 7.55. The molecule has 0 aliphatic heterocycles. The molecule has 4 rings (SSSR count). The first-order chi connectivity index (χ1) is 14.9. The third-order valence-electron chi connectivity index (χ3n) is 5.21. The molecule has 0 amide bonds. The van der Waals surface area contributed by atoms with Crippen molar-refractivity contribution in [1.82, 2.24) is 4.98 Å². The molecule has 0 saturated heterocycles. The molecule has 1 saturated carbocycles. The van der Waals surface area contributed by atoms with Gasteiger partial charge in [-0.05, 0) is 72.8 Å². The van der Waals surface area contributed by atoms with Crippen molar-refractivity contribution in [3.63, 3.8) is 0 Å². The van der Waals surface area contributed by atoms with Gasteiger partial charge in [0.25, 0.3) is 0 Å². The van der Waals surface area contributed by atoms with Gasteiger partial charge in [-0.3, -0.25) is 4.98 Å². The summed E-state index contributed by atoms with van der Waals surface area (Å²) in [6, 6.07) is 21.3. The number of rotatable bonds is 9. The van der Waals surface area contributed by atoms with Crippen LogP contribution in [-0.4, -0.2) is 11.0 Å². The van der Waals surface area contributed by atoms with Crippen LogP contribution >= 0.6 is 11.9 Å². The minimum atomic E-state index is 0. The van der Waals surface area contributed by atoms with Crippen LogP contribution in [0, 0.1) is 0 Å². The van der Waals surface area contributed by atoms with Gasteiger partial charge in [-0.1, -0.05) is 37.5 Å². The van der Waals surface area contributed by atoms with Crippen LogP contribution in [0.5, 0.6) is 0 Å². The molecule has 7 heteroatoms. The van der Waals surface area contributed by atoms with Crippen molar-refractivity contribution in [3.05, 3.63) is 84.0 Å². The van der Waals surface area contributed by atoms with Crippen molar-refractivity contribution in [1.29, 1.82) is 0 Å². The van der Waals surface area contributed by atoms with E-state index in [1.807, 2.05) is 30.5 Å². The second-order valence-corrected chi connectivity index (χ2v) is 8.39. The number of benzene rings is 2. The van der Waals surface area contributed by atoms with E-state index in [-0.39, 0.29) is 51.4 Å². The molecule has 0 bridgehead atoms. The number of pyridine rings is 1. The van der Waals surface area contributed by atoms with Crippen LogP contribution in [0.1, 0.15) is 37.7 Å². The Labute approximate surface area is 232 Å². The van der Waals surface area contributed by atoms with E-state index in [2.05, 4.69) is 62.3 Å². The van der Waals surface area contributed by atoms with Gasteiger partial charge in [-0.15, -0.1) is 6.54 Å². The number of aromatic nitrogens is 1. The predicted octanol–water partition coefficient (Wildman–Crippen LogP) is 3.85. The zero-order valence-corrected chi connectivity index (χ0v) is 22.0. The van der Waals surface area contributed by atoms with Crippen LogP contribution < -0.4 is 66.8 Å². The standard InChI is InChI=1S/C24H28N5S.K/c1-2-8-20(9-3-1)27-23-10-4-5-11-24(23)30-29-22-14-12-21(13-15-22)28-26-18-19-7-6-16-25-17-19;/h4-7,10-17,20,27-29H,1-3,8-9,18H2;/q-1;+1. The quantitative estimate of drug-likeness (QED) is 0.259. The number of hydrogen-bond acceptors (Lipinski definition) is 5. The predicted molar refractivity (Wildman–Crippen MR) is 128 cm³/mol. The zero-order valence-electron chi connectivity index (χ0n) is 18.1. The molecule has 0 unspecified atom stereocenters. The molecule has 0 spiro atoms. The van der Waals surface area contributed by atoms with Crippen molar-refractivity contribution in [2.75, 3.05) is 15.5 Å². The Morgan fingerprint density at radius 2 is 1.68 bits per heavy atom. The van der Waals surface area contributed by atoms with Crippen LogP contribution in [0.15, 0.2) is 78.0 Å². The van der Waals surface area contributed by atoms with Gasteiger partial charge in [0.15, 0.2) is 0 Å². The maximum Gasteiger partial charge on any atom is 1.00 e. The van der Waals surface area contributed by atoms with E-state index < -0.39 is 0 Å². The minimum Gasteiger partial charge on any atom is -0.567 e. The first-order valence-corrected chi connectivity index (χ1v) is 11.4. The molecule has 1 aromatic heterocycles. The average molecular weight is 458 g/mol. The summed E-state index contributed by atoms with van der Waals surface area (Å²) in [6.07, 6.45) is 10.2. The van der Waals surface area contributed by atoms with Crippen molar-refractivity contribution in [2.45, 2.75) is 49.6 Å². The molecule has 1 aliphatic carbocycles. The monoisotopic (exact) mass is 457 g/mol. The number of hydrogen-bond donors (Lipinski definition) is 3. The number of para-hydroxylation sites is 1. The molecule has 3 N–H and O–H groups in total. The first-order valence-electron chi connectivity index (χ1n) is 10.6. The van der Waals surface area contributed by atoms with Crippen molar-refractivity contribution >= 4 is 29.0 Å². The zero-order chi connectivity index (χ0) is 20.4. The summed E-state index contributed by atoms with van der Waals surface area (Å²) < 4.78 is 3.46. The maximum absolute atomic E-state index is 4.38. The summed E-state index contributed by atoms with van der Waals surface area (Å²) in [6.45, 7) is 0.592. The molecule has 1 aliphatic rings. The van der Waals surface area contributed by atoms with Crippen LogP contribution in [0.3, 0.4) is 0 Å². The Morgan fingerprint density at radius 3 is 2.45 bits per heavy atom. The fraction of sp³-hybridized carbons (Fsp3) is 0.292. The van der Waals surface area contributed by atoms with E-state index in [9.17, 15) is 0 Å². The normalized spacial score (nSPS) is 13.8. The maximum atomic E-state index is 4.38. The fourth-order valence-electron chi connectivity index (χ4n) is 3.58. The molecule has 0 radical (unpaired) electrons. The van der Waals surface area contributed by atoms with Gasteiger partial charge in [0.1, 0.15) is 0 Å². The molecule has 1 fully saturated rings. The fourth-order valence-corrected chi connectivity index (χ4v) is 4.33. The van der Waals surface area contributed by atoms with Gasteiger partial charge < -0.3 is 20.9 Å². The van der Waals surface area contributed by atoms with Gasteiger partial charge >= 0.3 is 51.4 Å². The molecule has 1 heterocycles. The number of nitrogens with zero attached hydrogens (tertiary/aromatic N) is 2. The van der Waals surface area contributed by atoms with Crippen LogP contribution in [-0.2, 0) is 6.54 Å². The van der Waals surface area contributed by atoms with Gasteiger partial charge in [-0.25, -0.2) is 0 Å². The van der Waals surface area contributed by atoms with E-state index in [0.29, 0.717) is 12.6 Å². The molecule has 0 atom stereocenters. The summed E-state index contributed by atoms with van der Waals surface area (Å²) >= 11 is 1.65. The second kappa shape index (κ2) is 13.5. The SMILES string of the molecule is [K+].c1cncc(C[N-]Nc2ccc(NSc3ccccc3NC3CCCCC3)cc2)c1. The van der Waals surface area contributed by atoms with Gasteiger partial charge in [0.2, 0.25) is 0 Å². The van der Waals surface area contributed by atoms with Gasteiger partial charge in [-0.2, -0.15) is 0 Å². The Morgan fingerprint density at radius 1 is 0.903 bits per heavy atom. The Hall–Kier alpha value is -1.06.